The summed E-state index contributed by atoms with van der Waals surface area (Å²) in [6.45, 7) is 0. The van der Waals surface area contributed by atoms with Gasteiger partial charge in [-0.05, 0) is 59.7 Å². The molecule has 0 aromatic heterocycles. The first-order valence-electron chi connectivity index (χ1n) is 10.2. The standard InChI is InChI=1S/C27H23NO3S/c1-31-26-18-14-22(15-19-26)12-13-23-16-20-27(21-17-23)32(29,30)28(24-8-4-2-5-9-24)25-10-6-3-7-11-25/h2-21H,1H3/b13-12+. The highest BCUT2D eigenvalue weighted by molar-refractivity contribution is 7.93. The van der Waals surface area contributed by atoms with Crippen molar-refractivity contribution in [3.63, 3.8) is 0 Å². The lowest BCUT2D eigenvalue weighted by Gasteiger charge is -2.24. The Morgan fingerprint density at radius 1 is 0.625 bits per heavy atom. The molecule has 0 spiro atoms. The van der Waals surface area contributed by atoms with E-state index in [1.54, 1.807) is 55.6 Å². The van der Waals surface area contributed by atoms with E-state index in [9.17, 15) is 8.42 Å². The van der Waals surface area contributed by atoms with E-state index in [-0.39, 0.29) is 4.90 Å². The number of benzene rings is 4. The number of ether oxygens (including phenoxy) is 1. The first-order chi connectivity index (χ1) is 15.6. The fraction of sp³-hybridized carbons (Fsp3) is 0.0370. The molecule has 32 heavy (non-hydrogen) atoms. The molecule has 0 bridgehead atoms. The molecule has 0 aliphatic carbocycles. The maximum Gasteiger partial charge on any atom is 0.268 e. The first kappa shape index (κ1) is 21.4. The molecule has 0 aliphatic heterocycles. The molecule has 0 amide bonds. The predicted molar refractivity (Wildman–Crippen MR) is 131 cm³/mol. The van der Waals surface area contributed by atoms with Crippen LogP contribution in [0, 0.1) is 0 Å². The third kappa shape index (κ3) is 4.74. The van der Waals surface area contributed by atoms with Gasteiger partial charge in [0.2, 0.25) is 0 Å². The monoisotopic (exact) mass is 441 g/mol. The molecule has 0 saturated carbocycles. The molecule has 4 aromatic carbocycles. The van der Waals surface area contributed by atoms with Gasteiger partial charge in [-0.25, -0.2) is 12.7 Å². The number of rotatable bonds is 7. The minimum atomic E-state index is -3.80. The van der Waals surface area contributed by atoms with E-state index in [1.165, 1.54) is 4.31 Å². The lowest BCUT2D eigenvalue weighted by Crippen LogP contribution is -2.26. The average molecular weight is 442 g/mol. The van der Waals surface area contributed by atoms with E-state index in [0.29, 0.717) is 11.4 Å². The summed E-state index contributed by atoms with van der Waals surface area (Å²) in [5, 5.41) is 0. The maximum absolute atomic E-state index is 13.6. The lowest BCUT2D eigenvalue weighted by molar-refractivity contribution is 0.415. The highest BCUT2D eigenvalue weighted by atomic mass is 32.2. The van der Waals surface area contributed by atoms with Gasteiger partial charge in [-0.15, -0.1) is 0 Å². The van der Waals surface area contributed by atoms with E-state index in [0.717, 1.165) is 16.9 Å². The second-order valence-electron chi connectivity index (χ2n) is 7.12. The Morgan fingerprint density at radius 2 is 1.06 bits per heavy atom. The van der Waals surface area contributed by atoms with Crippen LogP contribution in [0.4, 0.5) is 11.4 Å². The second-order valence-corrected chi connectivity index (χ2v) is 8.90. The molecule has 0 fully saturated rings. The van der Waals surface area contributed by atoms with E-state index >= 15 is 0 Å². The highest BCUT2D eigenvalue weighted by Gasteiger charge is 2.26. The summed E-state index contributed by atoms with van der Waals surface area (Å²) in [5.41, 5.74) is 3.11. The number of sulfonamides is 1. The van der Waals surface area contributed by atoms with E-state index in [2.05, 4.69) is 0 Å². The van der Waals surface area contributed by atoms with Crippen molar-refractivity contribution in [3.8, 4) is 5.75 Å². The Bertz CT molecular complexity index is 1240. The van der Waals surface area contributed by atoms with E-state index < -0.39 is 10.0 Å². The van der Waals surface area contributed by atoms with Gasteiger partial charge in [-0.1, -0.05) is 72.8 Å². The van der Waals surface area contributed by atoms with Crippen molar-refractivity contribution in [2.24, 2.45) is 0 Å². The fourth-order valence-corrected chi connectivity index (χ4v) is 4.81. The van der Waals surface area contributed by atoms with Crippen LogP contribution in [0.2, 0.25) is 0 Å². The number of hydrogen-bond donors (Lipinski definition) is 0. The average Bonchev–Trinajstić information content (AvgIpc) is 2.85. The first-order valence-corrected chi connectivity index (χ1v) is 11.6. The van der Waals surface area contributed by atoms with Gasteiger partial charge in [-0.2, -0.15) is 0 Å². The van der Waals surface area contributed by atoms with Crippen molar-refractivity contribution in [2.45, 2.75) is 4.90 Å². The minimum Gasteiger partial charge on any atom is -0.497 e. The quantitative estimate of drug-likeness (QED) is 0.312. The lowest BCUT2D eigenvalue weighted by atomic mass is 10.1. The van der Waals surface area contributed by atoms with Crippen LogP contribution in [0.5, 0.6) is 5.75 Å². The molecule has 4 rings (SSSR count). The van der Waals surface area contributed by atoms with Gasteiger partial charge in [-0.3, -0.25) is 0 Å². The van der Waals surface area contributed by atoms with Gasteiger partial charge < -0.3 is 4.74 Å². The van der Waals surface area contributed by atoms with Crippen LogP contribution in [-0.2, 0) is 10.0 Å². The molecule has 4 aromatic rings. The minimum absolute atomic E-state index is 0.229. The summed E-state index contributed by atoms with van der Waals surface area (Å²) in [6.07, 6.45) is 3.92. The van der Waals surface area contributed by atoms with Crippen LogP contribution in [0.15, 0.2) is 114 Å². The summed E-state index contributed by atoms with van der Waals surface area (Å²) < 4.78 is 33.7. The molecule has 4 nitrogen and oxygen atoms in total. The molecule has 0 saturated heterocycles. The Balaban J connectivity index is 1.63. The maximum atomic E-state index is 13.6. The SMILES string of the molecule is COc1ccc(/C=C/c2ccc(S(=O)(=O)N(c3ccccc3)c3ccccc3)cc2)cc1. The van der Waals surface area contributed by atoms with E-state index in [4.69, 9.17) is 4.74 Å². The summed E-state index contributed by atoms with van der Waals surface area (Å²) >= 11 is 0. The van der Waals surface area contributed by atoms with Crippen LogP contribution in [-0.4, -0.2) is 15.5 Å². The zero-order valence-electron chi connectivity index (χ0n) is 17.6. The van der Waals surface area contributed by atoms with Crippen molar-refractivity contribution < 1.29 is 13.2 Å². The number of anilines is 2. The van der Waals surface area contributed by atoms with E-state index in [1.807, 2.05) is 72.8 Å². The van der Waals surface area contributed by atoms with Gasteiger partial charge >= 0.3 is 0 Å². The molecule has 0 heterocycles. The van der Waals surface area contributed by atoms with Crippen LogP contribution >= 0.6 is 0 Å². The summed E-state index contributed by atoms with van der Waals surface area (Å²) in [6, 6.07) is 32.8. The van der Waals surface area contributed by atoms with Gasteiger partial charge in [0, 0.05) is 0 Å². The molecule has 0 atom stereocenters. The van der Waals surface area contributed by atoms with Crippen molar-refractivity contribution in [2.75, 3.05) is 11.4 Å². The largest absolute Gasteiger partial charge is 0.497 e. The molecule has 0 N–H and O–H groups in total. The number of hydrogen-bond acceptors (Lipinski definition) is 3. The summed E-state index contributed by atoms with van der Waals surface area (Å²) in [5.74, 6) is 0.804. The third-order valence-corrected chi connectivity index (χ3v) is 6.75. The fourth-order valence-electron chi connectivity index (χ4n) is 3.32. The highest BCUT2D eigenvalue weighted by Crippen LogP contribution is 2.32. The summed E-state index contributed by atoms with van der Waals surface area (Å²) in [4.78, 5) is 0.229. The Morgan fingerprint density at radius 3 is 1.50 bits per heavy atom. The van der Waals surface area contributed by atoms with Crippen molar-refractivity contribution in [3.05, 3.63) is 120 Å². The number of nitrogens with zero attached hydrogens (tertiary/aromatic N) is 1. The topological polar surface area (TPSA) is 46.6 Å². The molecule has 5 heteroatoms. The van der Waals surface area contributed by atoms with Gasteiger partial charge in [0.25, 0.3) is 10.0 Å². The number of methoxy groups -OCH3 is 1. The van der Waals surface area contributed by atoms with Gasteiger partial charge in [0.1, 0.15) is 5.75 Å². The molecule has 0 radical (unpaired) electrons. The van der Waals surface area contributed by atoms with Gasteiger partial charge in [0.15, 0.2) is 0 Å². The Labute approximate surface area is 189 Å². The second kappa shape index (κ2) is 9.54. The normalized spacial score (nSPS) is 11.4. The molecular formula is C27H23NO3S. The van der Waals surface area contributed by atoms with Crippen molar-refractivity contribution in [1.29, 1.82) is 0 Å². The van der Waals surface area contributed by atoms with Crippen LogP contribution in [0.1, 0.15) is 11.1 Å². The molecule has 0 aliphatic rings. The van der Waals surface area contributed by atoms with Crippen molar-refractivity contribution in [1.82, 2.24) is 0 Å². The predicted octanol–water partition coefficient (Wildman–Crippen LogP) is 6.39. The number of para-hydroxylation sites is 2. The summed E-state index contributed by atoms with van der Waals surface area (Å²) in [7, 11) is -2.17. The van der Waals surface area contributed by atoms with Crippen LogP contribution < -0.4 is 9.04 Å². The Kier molecular flexibility index (Phi) is 6.38. The molecule has 160 valence electrons. The molecule has 0 unspecified atom stereocenters. The van der Waals surface area contributed by atoms with Gasteiger partial charge in [0.05, 0.1) is 23.4 Å². The third-order valence-electron chi connectivity index (χ3n) is 4.98. The van der Waals surface area contributed by atoms with Crippen LogP contribution in [0.25, 0.3) is 12.2 Å². The zero-order chi connectivity index (χ0) is 22.4. The molecular weight excluding hydrogens is 418 g/mol. The smallest absolute Gasteiger partial charge is 0.268 e. The van der Waals surface area contributed by atoms with Crippen LogP contribution in [0.3, 0.4) is 0 Å². The zero-order valence-corrected chi connectivity index (χ0v) is 18.4. The Hall–Kier alpha value is -3.83. The van der Waals surface area contributed by atoms with Crippen molar-refractivity contribution >= 4 is 33.6 Å².